The fraction of sp³-hybridized carbons (Fsp3) is 0.562. The van der Waals surface area contributed by atoms with Gasteiger partial charge in [-0.2, -0.15) is 0 Å². The molecular weight excluding hydrogens is 289 g/mol. The average molecular weight is 309 g/mol. The van der Waals surface area contributed by atoms with Crippen LogP contribution >= 0.6 is 0 Å². The van der Waals surface area contributed by atoms with Crippen LogP contribution in [0.3, 0.4) is 0 Å². The van der Waals surface area contributed by atoms with Crippen molar-refractivity contribution in [2.75, 3.05) is 26.3 Å². The van der Waals surface area contributed by atoms with E-state index in [1.165, 1.54) is 18.2 Å². The zero-order chi connectivity index (χ0) is 15.6. The first kappa shape index (κ1) is 15.2. The van der Waals surface area contributed by atoms with Gasteiger partial charge in [-0.1, -0.05) is 6.07 Å². The van der Waals surface area contributed by atoms with E-state index in [0.29, 0.717) is 25.3 Å². The molecule has 6 heteroatoms. The Morgan fingerprint density at radius 1 is 1.50 bits per heavy atom. The zero-order valence-electron chi connectivity index (χ0n) is 12.3. The fourth-order valence-electron chi connectivity index (χ4n) is 3.16. The number of nitrogens with zero attached hydrogens (tertiary/aromatic N) is 1. The number of aliphatic hydroxyl groups excluding tert-OH is 1. The van der Waals surface area contributed by atoms with Crippen molar-refractivity contribution in [3.8, 4) is 5.75 Å². The van der Waals surface area contributed by atoms with E-state index in [-0.39, 0.29) is 19.1 Å². The van der Waals surface area contributed by atoms with Crippen molar-refractivity contribution < 1.29 is 23.8 Å². The Kier molecular flexibility index (Phi) is 4.31. The summed E-state index contributed by atoms with van der Waals surface area (Å²) in [5.41, 5.74) is -0.472. The Morgan fingerprint density at radius 3 is 3.05 bits per heavy atom. The molecule has 1 aromatic carbocycles. The molecule has 3 rings (SSSR count). The zero-order valence-corrected chi connectivity index (χ0v) is 12.3. The van der Waals surface area contributed by atoms with Crippen molar-refractivity contribution in [1.82, 2.24) is 4.90 Å². The lowest BCUT2D eigenvalue weighted by molar-refractivity contribution is -0.154. The summed E-state index contributed by atoms with van der Waals surface area (Å²) < 4.78 is 24.1. The topological polar surface area (TPSA) is 59.0 Å². The monoisotopic (exact) mass is 309 g/mol. The number of hydrogen-bond donors (Lipinski definition) is 1. The third-order valence-corrected chi connectivity index (χ3v) is 4.45. The molecule has 1 amide bonds. The first-order valence-corrected chi connectivity index (χ1v) is 7.57. The van der Waals surface area contributed by atoms with Gasteiger partial charge in [-0.05, 0) is 31.4 Å². The minimum absolute atomic E-state index is 0.163. The summed E-state index contributed by atoms with van der Waals surface area (Å²) in [6, 6.07) is 5.68. The van der Waals surface area contributed by atoms with E-state index in [0.717, 1.165) is 12.8 Å². The van der Waals surface area contributed by atoms with E-state index in [1.54, 1.807) is 11.0 Å². The number of likely N-dealkylation sites (tertiary alicyclic amines) is 1. The minimum atomic E-state index is -0.665. The van der Waals surface area contributed by atoms with Crippen molar-refractivity contribution in [2.45, 2.75) is 31.0 Å². The molecule has 0 aromatic heterocycles. The summed E-state index contributed by atoms with van der Waals surface area (Å²) in [6.07, 6.45) is 1.77. The molecule has 0 radical (unpaired) electrons. The van der Waals surface area contributed by atoms with E-state index < -0.39 is 17.5 Å². The van der Waals surface area contributed by atoms with Gasteiger partial charge in [0.2, 0.25) is 0 Å². The average Bonchev–Trinajstić information content (AvgIpc) is 2.98. The smallest absolute Gasteiger partial charge is 0.260 e. The van der Waals surface area contributed by atoms with Crippen LogP contribution in [-0.4, -0.2) is 53.9 Å². The molecule has 2 heterocycles. The van der Waals surface area contributed by atoms with Crippen LogP contribution in [0.4, 0.5) is 4.39 Å². The maximum absolute atomic E-state index is 13.0. The standard InChI is InChI=1S/C16H20FNO4/c17-12-3-1-4-13(9-12)21-11-15(20)18-7-6-16(14(19)10-18)5-2-8-22-16/h1,3-4,9,14,19H,2,5-8,10-11H2/t14-,16-/m0/s1. The quantitative estimate of drug-likeness (QED) is 0.915. The van der Waals surface area contributed by atoms with Gasteiger partial charge in [0.1, 0.15) is 17.7 Å². The number of rotatable bonds is 3. The van der Waals surface area contributed by atoms with E-state index >= 15 is 0 Å². The lowest BCUT2D eigenvalue weighted by Gasteiger charge is -2.42. The van der Waals surface area contributed by atoms with Gasteiger partial charge in [-0.3, -0.25) is 4.79 Å². The summed E-state index contributed by atoms with van der Waals surface area (Å²) >= 11 is 0. The van der Waals surface area contributed by atoms with Crippen molar-refractivity contribution in [3.63, 3.8) is 0 Å². The molecule has 1 N–H and O–H groups in total. The number of β-amino-alcohol motifs (C(OH)–C–C–N with tert-alkyl or cyclic N) is 1. The van der Waals surface area contributed by atoms with Gasteiger partial charge >= 0.3 is 0 Å². The summed E-state index contributed by atoms with van der Waals surface area (Å²) in [7, 11) is 0. The first-order chi connectivity index (χ1) is 10.6. The molecule has 120 valence electrons. The second-order valence-electron chi connectivity index (χ2n) is 5.87. The van der Waals surface area contributed by atoms with E-state index in [4.69, 9.17) is 9.47 Å². The predicted octanol–water partition coefficient (Wildman–Crippen LogP) is 1.35. The number of carbonyl (C=O) groups excluding carboxylic acids is 1. The maximum atomic E-state index is 13.0. The maximum Gasteiger partial charge on any atom is 0.260 e. The number of hydrogen-bond acceptors (Lipinski definition) is 4. The Balaban J connectivity index is 1.53. The van der Waals surface area contributed by atoms with Crippen LogP contribution in [0.15, 0.2) is 24.3 Å². The van der Waals surface area contributed by atoms with Crippen LogP contribution in [0.5, 0.6) is 5.75 Å². The second-order valence-corrected chi connectivity index (χ2v) is 5.87. The summed E-state index contributed by atoms with van der Waals surface area (Å²) in [5, 5.41) is 10.3. The normalized spacial score (nSPS) is 28.1. The van der Waals surface area contributed by atoms with Gasteiger partial charge in [-0.25, -0.2) is 4.39 Å². The van der Waals surface area contributed by atoms with Gasteiger partial charge in [0.25, 0.3) is 5.91 Å². The van der Waals surface area contributed by atoms with E-state index in [9.17, 15) is 14.3 Å². The lowest BCUT2D eigenvalue weighted by Crippen LogP contribution is -2.57. The van der Waals surface area contributed by atoms with Gasteiger partial charge in [0.15, 0.2) is 6.61 Å². The number of benzene rings is 1. The van der Waals surface area contributed by atoms with Gasteiger partial charge in [0, 0.05) is 25.8 Å². The molecule has 22 heavy (non-hydrogen) atoms. The summed E-state index contributed by atoms with van der Waals surface area (Å²) in [4.78, 5) is 13.7. The minimum Gasteiger partial charge on any atom is -0.484 e. The molecule has 5 nitrogen and oxygen atoms in total. The molecule has 0 bridgehead atoms. The second kappa shape index (κ2) is 6.22. The fourth-order valence-corrected chi connectivity index (χ4v) is 3.16. The highest BCUT2D eigenvalue weighted by molar-refractivity contribution is 5.78. The molecule has 2 aliphatic heterocycles. The van der Waals surface area contributed by atoms with Crippen molar-refractivity contribution in [1.29, 1.82) is 0 Å². The molecular formula is C16H20FNO4. The van der Waals surface area contributed by atoms with Crippen LogP contribution < -0.4 is 4.74 Å². The number of amides is 1. The number of ether oxygens (including phenoxy) is 2. The van der Waals surface area contributed by atoms with Gasteiger partial charge in [0.05, 0.1) is 5.60 Å². The predicted molar refractivity (Wildman–Crippen MR) is 77.0 cm³/mol. The van der Waals surface area contributed by atoms with Crippen LogP contribution in [0, 0.1) is 5.82 Å². The Labute approximate surface area is 128 Å². The third-order valence-electron chi connectivity index (χ3n) is 4.45. The molecule has 2 saturated heterocycles. The number of piperidine rings is 1. The molecule has 2 fully saturated rings. The van der Waals surface area contributed by atoms with Crippen LogP contribution in [0.25, 0.3) is 0 Å². The summed E-state index contributed by atoms with van der Waals surface area (Å²) in [5.74, 6) is -0.295. The Morgan fingerprint density at radius 2 is 2.36 bits per heavy atom. The molecule has 2 atom stereocenters. The van der Waals surface area contributed by atoms with Crippen molar-refractivity contribution in [2.24, 2.45) is 0 Å². The Hall–Kier alpha value is -1.66. The Bertz CT molecular complexity index is 545. The highest BCUT2D eigenvalue weighted by Crippen LogP contribution is 2.35. The number of halogens is 1. The summed E-state index contributed by atoms with van der Waals surface area (Å²) in [6.45, 7) is 1.31. The van der Waals surface area contributed by atoms with Gasteiger partial charge in [-0.15, -0.1) is 0 Å². The van der Waals surface area contributed by atoms with E-state index in [2.05, 4.69) is 0 Å². The third kappa shape index (κ3) is 3.08. The van der Waals surface area contributed by atoms with Crippen molar-refractivity contribution >= 4 is 5.91 Å². The van der Waals surface area contributed by atoms with Crippen LogP contribution in [-0.2, 0) is 9.53 Å². The lowest BCUT2D eigenvalue weighted by atomic mass is 9.86. The van der Waals surface area contributed by atoms with Crippen LogP contribution in [0.1, 0.15) is 19.3 Å². The van der Waals surface area contributed by atoms with E-state index in [1.807, 2.05) is 0 Å². The van der Waals surface area contributed by atoms with Crippen molar-refractivity contribution in [3.05, 3.63) is 30.1 Å². The molecule has 0 unspecified atom stereocenters. The molecule has 1 spiro atoms. The highest BCUT2D eigenvalue weighted by Gasteiger charge is 2.46. The molecule has 0 aliphatic carbocycles. The van der Waals surface area contributed by atoms with Crippen LogP contribution in [0.2, 0.25) is 0 Å². The number of carbonyl (C=O) groups is 1. The molecule has 0 saturated carbocycles. The SMILES string of the molecule is O=C(COc1cccc(F)c1)N1CC[C@@]2(CCCO2)[C@@H](O)C1. The molecule has 2 aliphatic rings. The molecule has 1 aromatic rings. The number of aliphatic hydroxyl groups is 1. The highest BCUT2D eigenvalue weighted by atomic mass is 19.1. The largest absolute Gasteiger partial charge is 0.484 e. The van der Waals surface area contributed by atoms with Gasteiger partial charge < -0.3 is 19.5 Å². The first-order valence-electron chi connectivity index (χ1n) is 7.57.